The van der Waals surface area contributed by atoms with Gasteiger partial charge in [0.1, 0.15) is 0 Å². The molecular formula is C20H21ClN4O. The average molecular weight is 369 g/mol. The van der Waals surface area contributed by atoms with E-state index in [1.807, 2.05) is 61.9 Å². The maximum atomic E-state index is 12.5. The summed E-state index contributed by atoms with van der Waals surface area (Å²) in [6.07, 6.45) is 3.77. The van der Waals surface area contributed by atoms with Gasteiger partial charge >= 0.3 is 0 Å². The van der Waals surface area contributed by atoms with E-state index in [1.54, 1.807) is 12.4 Å². The van der Waals surface area contributed by atoms with E-state index >= 15 is 0 Å². The second-order valence-corrected chi connectivity index (χ2v) is 6.73. The Balaban J connectivity index is 1.75. The maximum absolute atomic E-state index is 12.5. The third-order valence-electron chi connectivity index (χ3n) is 4.41. The highest BCUT2D eigenvalue weighted by atomic mass is 35.5. The lowest BCUT2D eigenvalue weighted by Crippen LogP contribution is -2.28. The van der Waals surface area contributed by atoms with Gasteiger partial charge in [0.15, 0.2) is 0 Å². The topological polar surface area (TPSA) is 59.8 Å². The number of hydrogen-bond donors (Lipinski definition) is 1. The molecule has 0 aliphatic rings. The number of benzene rings is 1. The van der Waals surface area contributed by atoms with Crippen molar-refractivity contribution < 1.29 is 4.79 Å². The molecule has 0 bridgehead atoms. The molecule has 0 aliphatic heterocycles. The van der Waals surface area contributed by atoms with Crippen LogP contribution in [-0.2, 0) is 11.2 Å². The number of pyridine rings is 1. The first-order valence-corrected chi connectivity index (χ1v) is 8.84. The van der Waals surface area contributed by atoms with Crippen LogP contribution in [0.4, 0.5) is 0 Å². The molecule has 0 saturated carbocycles. The van der Waals surface area contributed by atoms with E-state index < -0.39 is 0 Å². The van der Waals surface area contributed by atoms with Crippen LogP contribution >= 0.6 is 11.6 Å². The first-order chi connectivity index (χ1) is 12.5. The smallest absolute Gasteiger partial charge is 0.225 e. The first kappa shape index (κ1) is 18.1. The van der Waals surface area contributed by atoms with Crippen molar-refractivity contribution >= 4 is 17.5 Å². The quantitative estimate of drug-likeness (QED) is 0.741. The molecule has 0 saturated heterocycles. The van der Waals surface area contributed by atoms with Crippen LogP contribution in [0, 0.1) is 13.8 Å². The van der Waals surface area contributed by atoms with Gasteiger partial charge in [-0.3, -0.25) is 9.78 Å². The van der Waals surface area contributed by atoms with Gasteiger partial charge in [-0.05, 0) is 56.7 Å². The van der Waals surface area contributed by atoms with Gasteiger partial charge in [-0.25, -0.2) is 4.68 Å². The van der Waals surface area contributed by atoms with Crippen molar-refractivity contribution in [2.75, 3.05) is 0 Å². The average Bonchev–Trinajstić information content (AvgIpc) is 2.91. The molecule has 5 nitrogen and oxygen atoms in total. The zero-order valence-electron chi connectivity index (χ0n) is 15.0. The normalized spacial score (nSPS) is 12.0. The minimum Gasteiger partial charge on any atom is -0.349 e. The number of carbonyl (C=O) groups is 1. The number of carbonyl (C=O) groups excluding carboxylic acids is 1. The van der Waals surface area contributed by atoms with E-state index in [0.717, 1.165) is 28.2 Å². The molecule has 2 aromatic heterocycles. The fourth-order valence-corrected chi connectivity index (χ4v) is 3.06. The first-order valence-electron chi connectivity index (χ1n) is 8.46. The molecule has 3 rings (SSSR count). The lowest BCUT2D eigenvalue weighted by Gasteiger charge is -2.14. The van der Waals surface area contributed by atoms with Crippen molar-refractivity contribution in [3.8, 4) is 5.69 Å². The largest absolute Gasteiger partial charge is 0.349 e. The summed E-state index contributed by atoms with van der Waals surface area (Å²) in [6, 6.07) is 11.2. The fraction of sp³-hybridized carbons (Fsp3) is 0.250. The lowest BCUT2D eigenvalue weighted by molar-refractivity contribution is -0.121. The third-order valence-corrected chi connectivity index (χ3v) is 4.66. The Labute approximate surface area is 158 Å². The second-order valence-electron chi connectivity index (χ2n) is 6.29. The molecule has 6 heteroatoms. The van der Waals surface area contributed by atoms with Gasteiger partial charge in [-0.15, -0.1) is 0 Å². The number of nitrogens with zero attached hydrogens (tertiary/aromatic N) is 3. The van der Waals surface area contributed by atoms with Crippen molar-refractivity contribution in [1.82, 2.24) is 20.1 Å². The summed E-state index contributed by atoms with van der Waals surface area (Å²) >= 11 is 5.96. The van der Waals surface area contributed by atoms with E-state index in [4.69, 9.17) is 11.6 Å². The third kappa shape index (κ3) is 3.94. The molecule has 1 atom stereocenters. The molecule has 0 radical (unpaired) electrons. The summed E-state index contributed by atoms with van der Waals surface area (Å²) in [7, 11) is 0. The van der Waals surface area contributed by atoms with Crippen LogP contribution < -0.4 is 5.32 Å². The van der Waals surface area contributed by atoms with Crippen LogP contribution in [0.15, 0.2) is 48.8 Å². The molecule has 0 aliphatic carbocycles. The number of amides is 1. The van der Waals surface area contributed by atoms with Crippen LogP contribution in [0.5, 0.6) is 0 Å². The van der Waals surface area contributed by atoms with E-state index in [0.29, 0.717) is 5.02 Å². The van der Waals surface area contributed by atoms with Crippen LogP contribution in [-0.4, -0.2) is 20.7 Å². The Morgan fingerprint density at radius 1 is 1.23 bits per heavy atom. The fourth-order valence-electron chi connectivity index (χ4n) is 2.93. The highest BCUT2D eigenvalue weighted by Gasteiger charge is 2.17. The van der Waals surface area contributed by atoms with Gasteiger partial charge in [0, 0.05) is 28.7 Å². The van der Waals surface area contributed by atoms with E-state index in [-0.39, 0.29) is 18.4 Å². The number of aromatic nitrogens is 3. The van der Waals surface area contributed by atoms with Crippen molar-refractivity contribution in [3.63, 3.8) is 0 Å². The van der Waals surface area contributed by atoms with Gasteiger partial charge < -0.3 is 5.32 Å². The highest BCUT2D eigenvalue weighted by molar-refractivity contribution is 6.30. The van der Waals surface area contributed by atoms with Crippen LogP contribution in [0.3, 0.4) is 0 Å². The summed E-state index contributed by atoms with van der Waals surface area (Å²) in [4.78, 5) is 16.6. The van der Waals surface area contributed by atoms with Gasteiger partial charge in [0.2, 0.25) is 5.91 Å². The zero-order valence-corrected chi connectivity index (χ0v) is 15.8. The monoisotopic (exact) mass is 368 g/mol. The predicted octanol–water partition coefficient (Wildman–Crippen LogP) is 3.96. The van der Waals surface area contributed by atoms with Crippen LogP contribution in [0.1, 0.15) is 35.5 Å². The van der Waals surface area contributed by atoms with Gasteiger partial charge in [-0.1, -0.05) is 17.7 Å². The predicted molar refractivity (Wildman–Crippen MR) is 103 cm³/mol. The Kier molecular flexibility index (Phi) is 5.38. The van der Waals surface area contributed by atoms with Gasteiger partial charge in [0.05, 0.1) is 23.8 Å². The Hall–Kier alpha value is -2.66. The number of nitrogens with one attached hydrogen (secondary N) is 1. The molecule has 1 amide bonds. The minimum atomic E-state index is -0.0943. The molecule has 1 aromatic carbocycles. The SMILES string of the molecule is Cc1nn(-c2ccc(Cl)cc2)c(C)c1CC(=O)N[C@H](C)c1cccnc1. The summed E-state index contributed by atoms with van der Waals surface area (Å²) < 4.78 is 1.85. The Morgan fingerprint density at radius 2 is 1.96 bits per heavy atom. The molecular weight excluding hydrogens is 348 g/mol. The number of hydrogen-bond acceptors (Lipinski definition) is 3. The molecule has 0 spiro atoms. The summed E-state index contributed by atoms with van der Waals surface area (Å²) in [6.45, 7) is 5.85. The lowest BCUT2D eigenvalue weighted by atomic mass is 10.1. The summed E-state index contributed by atoms with van der Waals surface area (Å²) in [5.41, 5.74) is 4.64. The van der Waals surface area contributed by atoms with Crippen molar-refractivity contribution in [1.29, 1.82) is 0 Å². The molecule has 134 valence electrons. The standard InChI is InChI=1S/C20H21ClN4O/c1-13(16-5-4-10-22-12-16)23-20(26)11-19-14(2)24-25(15(19)3)18-8-6-17(21)7-9-18/h4-10,12-13H,11H2,1-3H3,(H,23,26)/t13-/m1/s1. The zero-order chi connectivity index (χ0) is 18.7. The Bertz CT molecular complexity index is 904. The van der Waals surface area contributed by atoms with E-state index in [9.17, 15) is 4.79 Å². The second kappa shape index (κ2) is 7.70. The number of aryl methyl sites for hydroxylation is 1. The Morgan fingerprint density at radius 3 is 2.62 bits per heavy atom. The molecule has 0 unspecified atom stereocenters. The van der Waals surface area contributed by atoms with E-state index in [1.165, 1.54) is 0 Å². The van der Waals surface area contributed by atoms with Gasteiger partial charge in [0.25, 0.3) is 0 Å². The molecule has 26 heavy (non-hydrogen) atoms. The van der Waals surface area contributed by atoms with Crippen molar-refractivity contribution in [2.24, 2.45) is 0 Å². The summed E-state index contributed by atoms with van der Waals surface area (Å²) in [5.74, 6) is -0.0387. The van der Waals surface area contributed by atoms with Crippen molar-refractivity contribution in [3.05, 3.63) is 76.3 Å². The highest BCUT2D eigenvalue weighted by Crippen LogP contribution is 2.20. The van der Waals surface area contributed by atoms with Crippen molar-refractivity contribution in [2.45, 2.75) is 33.2 Å². The summed E-state index contributed by atoms with van der Waals surface area (Å²) in [5, 5.41) is 8.29. The minimum absolute atomic E-state index is 0.0387. The molecule has 0 fully saturated rings. The number of rotatable bonds is 5. The molecule has 3 aromatic rings. The molecule has 1 N–H and O–H groups in total. The number of halogens is 1. The van der Waals surface area contributed by atoms with Gasteiger partial charge in [-0.2, -0.15) is 5.10 Å². The maximum Gasteiger partial charge on any atom is 0.225 e. The molecule has 2 heterocycles. The van der Waals surface area contributed by atoms with E-state index in [2.05, 4.69) is 15.4 Å². The van der Waals surface area contributed by atoms with Crippen LogP contribution in [0.25, 0.3) is 5.69 Å². The van der Waals surface area contributed by atoms with Crippen LogP contribution in [0.2, 0.25) is 5.02 Å².